The van der Waals surface area contributed by atoms with Crippen LogP contribution < -0.4 is 10.5 Å². The molecule has 0 saturated heterocycles. The molecule has 0 atom stereocenters. The highest BCUT2D eigenvalue weighted by molar-refractivity contribution is 7.92. The topological polar surface area (TPSA) is 109 Å². The van der Waals surface area contributed by atoms with Gasteiger partial charge in [0.15, 0.2) is 5.15 Å². The van der Waals surface area contributed by atoms with E-state index in [0.29, 0.717) is 0 Å². The lowest BCUT2D eigenvalue weighted by molar-refractivity contribution is 0.601. The maximum Gasteiger partial charge on any atom is 0.264 e. The summed E-state index contributed by atoms with van der Waals surface area (Å²) in [6, 6.07) is 8.83. The molecule has 1 aromatic heterocycles. The van der Waals surface area contributed by atoms with Gasteiger partial charge in [-0.05, 0) is 30.3 Å². The van der Waals surface area contributed by atoms with E-state index in [1.165, 1.54) is 30.5 Å². The van der Waals surface area contributed by atoms with Gasteiger partial charge in [-0.1, -0.05) is 11.6 Å². The summed E-state index contributed by atoms with van der Waals surface area (Å²) in [4.78, 5) is 3.64. The van der Waals surface area contributed by atoms with E-state index in [9.17, 15) is 8.42 Å². The number of sulfonamides is 1. The van der Waals surface area contributed by atoms with E-state index >= 15 is 0 Å². The van der Waals surface area contributed by atoms with Gasteiger partial charge < -0.3 is 5.73 Å². The third-order valence-corrected chi connectivity index (χ3v) is 4.17. The molecule has 3 N–H and O–H groups in total. The van der Waals surface area contributed by atoms with Crippen LogP contribution in [0, 0.1) is 11.3 Å². The number of hydrogen-bond donors (Lipinski definition) is 2. The van der Waals surface area contributed by atoms with Crippen LogP contribution in [0.2, 0.25) is 5.15 Å². The molecule has 0 saturated carbocycles. The number of anilines is 2. The fourth-order valence-electron chi connectivity index (χ4n) is 1.52. The quantitative estimate of drug-likeness (QED) is 0.665. The number of halogens is 1. The van der Waals surface area contributed by atoms with Gasteiger partial charge in [0.2, 0.25) is 0 Å². The van der Waals surface area contributed by atoms with Crippen LogP contribution in [0.1, 0.15) is 5.56 Å². The van der Waals surface area contributed by atoms with Gasteiger partial charge in [0.1, 0.15) is 4.90 Å². The maximum absolute atomic E-state index is 12.2. The number of benzene rings is 1. The number of hydrogen-bond acceptors (Lipinski definition) is 5. The number of aromatic nitrogens is 1. The first-order valence-corrected chi connectivity index (χ1v) is 7.23. The average molecular weight is 309 g/mol. The zero-order valence-electron chi connectivity index (χ0n) is 10.0. The van der Waals surface area contributed by atoms with Crippen molar-refractivity contribution < 1.29 is 8.42 Å². The fourth-order valence-corrected chi connectivity index (χ4v) is 2.93. The number of nitriles is 1. The molecule has 0 spiro atoms. The molecule has 8 heteroatoms. The van der Waals surface area contributed by atoms with Crippen molar-refractivity contribution in [3.8, 4) is 6.07 Å². The lowest BCUT2D eigenvalue weighted by Crippen LogP contribution is -2.15. The maximum atomic E-state index is 12.2. The van der Waals surface area contributed by atoms with Gasteiger partial charge in [-0.2, -0.15) is 5.26 Å². The number of rotatable bonds is 3. The Balaban J connectivity index is 2.42. The van der Waals surface area contributed by atoms with Crippen molar-refractivity contribution in [2.24, 2.45) is 0 Å². The molecule has 2 aromatic rings. The highest BCUT2D eigenvalue weighted by Gasteiger charge is 2.19. The Labute approximate surface area is 120 Å². The van der Waals surface area contributed by atoms with Crippen LogP contribution in [-0.2, 0) is 10.0 Å². The van der Waals surface area contributed by atoms with Crippen LogP contribution >= 0.6 is 11.6 Å². The number of nitrogen functional groups attached to an aromatic ring is 1. The van der Waals surface area contributed by atoms with Crippen molar-refractivity contribution in [3.63, 3.8) is 0 Å². The Kier molecular flexibility index (Phi) is 3.79. The summed E-state index contributed by atoms with van der Waals surface area (Å²) in [6.45, 7) is 0. The number of nitrogens with one attached hydrogen (secondary N) is 1. The highest BCUT2D eigenvalue weighted by atomic mass is 35.5. The summed E-state index contributed by atoms with van der Waals surface area (Å²) in [5.41, 5.74) is 6.07. The van der Waals surface area contributed by atoms with Crippen molar-refractivity contribution in [1.29, 1.82) is 5.26 Å². The van der Waals surface area contributed by atoms with Gasteiger partial charge in [0.25, 0.3) is 10.0 Å². The molecule has 0 bridgehead atoms. The minimum atomic E-state index is -3.90. The van der Waals surface area contributed by atoms with Crippen LogP contribution in [0.25, 0.3) is 0 Å². The fraction of sp³-hybridized carbons (Fsp3) is 0. The lowest BCUT2D eigenvalue weighted by Gasteiger charge is -2.10. The van der Waals surface area contributed by atoms with Crippen molar-refractivity contribution in [3.05, 3.63) is 47.2 Å². The third-order valence-electron chi connectivity index (χ3n) is 2.43. The Morgan fingerprint density at radius 2 is 2.10 bits per heavy atom. The number of nitrogens with two attached hydrogens (primary N) is 1. The normalized spacial score (nSPS) is 10.8. The first-order chi connectivity index (χ1) is 9.44. The Bertz CT molecular complexity index is 799. The van der Waals surface area contributed by atoms with Gasteiger partial charge in [0, 0.05) is 6.20 Å². The Morgan fingerprint density at radius 1 is 1.35 bits per heavy atom. The molecule has 0 aliphatic heterocycles. The molecule has 102 valence electrons. The monoisotopic (exact) mass is 308 g/mol. The van der Waals surface area contributed by atoms with Crippen LogP contribution in [0.15, 0.2) is 41.4 Å². The second-order valence-electron chi connectivity index (χ2n) is 3.81. The van der Waals surface area contributed by atoms with E-state index in [1.807, 2.05) is 6.07 Å². The predicted octanol–water partition coefficient (Wildman–Crippen LogP) is 1.99. The van der Waals surface area contributed by atoms with Crippen LogP contribution in [0.5, 0.6) is 0 Å². The van der Waals surface area contributed by atoms with Crippen molar-refractivity contribution in [2.45, 2.75) is 4.90 Å². The van der Waals surface area contributed by atoms with Gasteiger partial charge >= 0.3 is 0 Å². The molecule has 0 aliphatic rings. The zero-order chi connectivity index (χ0) is 14.8. The smallest absolute Gasteiger partial charge is 0.264 e. The average Bonchev–Trinajstić information content (AvgIpc) is 2.40. The molecule has 2 rings (SSSR count). The molecule has 6 nitrogen and oxygen atoms in total. The van der Waals surface area contributed by atoms with E-state index in [0.717, 1.165) is 0 Å². The standard InChI is InChI=1S/C12H9ClN4O2S/c13-12-10(2-1-5-16-12)17-20(18,19)11-4-3-8(7-14)6-9(11)15/h1-6,17H,15H2. The summed E-state index contributed by atoms with van der Waals surface area (Å²) >= 11 is 5.79. The summed E-state index contributed by atoms with van der Waals surface area (Å²) in [7, 11) is -3.90. The Morgan fingerprint density at radius 3 is 2.70 bits per heavy atom. The summed E-state index contributed by atoms with van der Waals surface area (Å²) in [5.74, 6) is 0. The third kappa shape index (κ3) is 2.82. The number of pyridine rings is 1. The zero-order valence-corrected chi connectivity index (χ0v) is 11.6. The van der Waals surface area contributed by atoms with E-state index in [-0.39, 0.29) is 27.0 Å². The molecule has 20 heavy (non-hydrogen) atoms. The molecule has 0 unspecified atom stereocenters. The number of nitrogens with zero attached hydrogens (tertiary/aromatic N) is 2. The molecule has 1 aromatic carbocycles. The van der Waals surface area contributed by atoms with E-state index < -0.39 is 10.0 Å². The van der Waals surface area contributed by atoms with Crippen molar-refractivity contribution in [2.75, 3.05) is 10.5 Å². The van der Waals surface area contributed by atoms with E-state index in [2.05, 4.69) is 9.71 Å². The van der Waals surface area contributed by atoms with Gasteiger partial charge in [-0.15, -0.1) is 0 Å². The highest BCUT2D eigenvalue weighted by Crippen LogP contribution is 2.25. The SMILES string of the molecule is N#Cc1ccc(S(=O)(=O)Nc2cccnc2Cl)c(N)c1. The Hall–Kier alpha value is -2.30. The van der Waals surface area contributed by atoms with Gasteiger partial charge in [0.05, 0.1) is 23.0 Å². The second kappa shape index (κ2) is 5.36. The first kappa shape index (κ1) is 14.1. The summed E-state index contributed by atoms with van der Waals surface area (Å²) in [6.07, 6.45) is 1.44. The van der Waals surface area contributed by atoms with Crippen LogP contribution in [0.4, 0.5) is 11.4 Å². The molecule has 0 amide bonds. The summed E-state index contributed by atoms with van der Waals surface area (Å²) < 4.78 is 26.7. The predicted molar refractivity (Wildman–Crippen MR) is 75.6 cm³/mol. The minimum Gasteiger partial charge on any atom is -0.398 e. The van der Waals surface area contributed by atoms with E-state index in [1.54, 1.807) is 6.07 Å². The molecule has 1 heterocycles. The first-order valence-electron chi connectivity index (χ1n) is 5.37. The van der Waals surface area contributed by atoms with E-state index in [4.69, 9.17) is 22.6 Å². The van der Waals surface area contributed by atoms with Crippen LogP contribution in [0.3, 0.4) is 0 Å². The van der Waals surface area contributed by atoms with Crippen molar-refractivity contribution in [1.82, 2.24) is 4.98 Å². The van der Waals surface area contributed by atoms with Gasteiger partial charge in [-0.25, -0.2) is 13.4 Å². The summed E-state index contributed by atoms with van der Waals surface area (Å²) in [5, 5.41) is 8.76. The van der Waals surface area contributed by atoms with Crippen molar-refractivity contribution >= 4 is 33.0 Å². The minimum absolute atomic E-state index is 0.0171. The second-order valence-corrected chi connectivity index (χ2v) is 5.82. The molecular formula is C12H9ClN4O2S. The van der Waals surface area contributed by atoms with Gasteiger partial charge in [-0.3, -0.25) is 4.72 Å². The van der Waals surface area contributed by atoms with Crippen LogP contribution in [-0.4, -0.2) is 13.4 Å². The molecule has 0 fully saturated rings. The molecular weight excluding hydrogens is 300 g/mol. The molecule has 0 radical (unpaired) electrons. The molecule has 0 aliphatic carbocycles. The largest absolute Gasteiger partial charge is 0.398 e. The lowest BCUT2D eigenvalue weighted by atomic mass is 10.2.